The van der Waals surface area contributed by atoms with E-state index in [0.29, 0.717) is 0 Å². The second-order valence-electron chi connectivity index (χ2n) is 5.03. The number of allylic oxidation sites excluding steroid dienone is 1. The highest BCUT2D eigenvalue weighted by atomic mass is 35.5. The molecule has 2 nitrogen and oxygen atoms in total. The lowest BCUT2D eigenvalue weighted by Gasteiger charge is -2.09. The van der Waals surface area contributed by atoms with Crippen LogP contribution in [0.5, 0.6) is 0 Å². The van der Waals surface area contributed by atoms with E-state index in [2.05, 4.69) is 41.5 Å². The van der Waals surface area contributed by atoms with Crippen LogP contribution < -0.4 is 5.32 Å². The van der Waals surface area contributed by atoms with Crippen LogP contribution in [0.25, 0.3) is 16.2 Å². The fraction of sp³-hybridized carbons (Fsp3) is 0.278. The summed E-state index contributed by atoms with van der Waals surface area (Å²) in [5, 5.41) is 3.94. The molecule has 3 heteroatoms. The minimum Gasteiger partial charge on any atom is -0.388 e. The third-order valence-electron chi connectivity index (χ3n) is 3.44. The minimum atomic E-state index is 0.786. The molecule has 1 heterocycles. The largest absolute Gasteiger partial charge is 0.388 e. The molecule has 0 bridgehead atoms. The molecule has 0 aliphatic rings. The van der Waals surface area contributed by atoms with Crippen molar-refractivity contribution in [2.45, 2.75) is 26.7 Å². The lowest BCUT2D eigenvalue weighted by atomic mass is 10.0. The monoisotopic (exact) mass is 300 g/mol. The third-order valence-corrected chi connectivity index (χ3v) is 3.80. The fourth-order valence-corrected chi connectivity index (χ4v) is 2.47. The Hall–Kier alpha value is -1.80. The molecular weight excluding hydrogens is 280 g/mol. The molecule has 0 spiro atoms. The maximum absolute atomic E-state index is 6.42. The summed E-state index contributed by atoms with van der Waals surface area (Å²) in [6.07, 6.45) is 6.04. The maximum atomic E-state index is 6.42. The summed E-state index contributed by atoms with van der Waals surface area (Å²) in [5.74, 6) is 0. The molecule has 0 aliphatic carbocycles. The molecule has 2 aromatic rings. The molecule has 2 rings (SSSR count). The van der Waals surface area contributed by atoms with Crippen molar-refractivity contribution in [3.8, 4) is 11.1 Å². The Bertz CT molecular complexity index is 647. The first-order chi connectivity index (χ1) is 10.2. The van der Waals surface area contributed by atoms with Gasteiger partial charge >= 0.3 is 0 Å². The molecule has 0 radical (unpaired) electrons. The zero-order valence-electron chi connectivity index (χ0n) is 12.8. The Morgan fingerprint density at radius 1 is 1.29 bits per heavy atom. The van der Waals surface area contributed by atoms with Gasteiger partial charge in [-0.1, -0.05) is 43.2 Å². The highest BCUT2D eigenvalue weighted by Gasteiger charge is 2.07. The number of nitrogens with zero attached hydrogens (tertiary/aromatic N) is 1. The molecule has 1 N–H and O–H groups in total. The number of aryl methyl sites for hydroxylation is 1. The van der Waals surface area contributed by atoms with Gasteiger partial charge in [0.25, 0.3) is 0 Å². The van der Waals surface area contributed by atoms with Crippen molar-refractivity contribution in [3.05, 3.63) is 53.9 Å². The number of nitrogens with one attached hydrogen (secondary N) is 1. The molecule has 1 aromatic carbocycles. The van der Waals surface area contributed by atoms with Gasteiger partial charge in [-0.3, -0.25) is 4.98 Å². The van der Waals surface area contributed by atoms with Crippen LogP contribution in [-0.2, 0) is 0 Å². The topological polar surface area (TPSA) is 24.9 Å². The molecule has 1 aromatic heterocycles. The number of anilines is 1. The Morgan fingerprint density at radius 3 is 2.81 bits per heavy atom. The first-order valence-electron chi connectivity index (χ1n) is 7.26. The van der Waals surface area contributed by atoms with Gasteiger partial charge < -0.3 is 5.32 Å². The van der Waals surface area contributed by atoms with Gasteiger partial charge in [0.1, 0.15) is 0 Å². The van der Waals surface area contributed by atoms with Crippen LogP contribution in [0.15, 0.2) is 42.6 Å². The van der Waals surface area contributed by atoms with E-state index in [1.54, 1.807) is 0 Å². The van der Waals surface area contributed by atoms with Crippen LogP contribution in [0.2, 0.25) is 0 Å². The second kappa shape index (κ2) is 7.28. The second-order valence-corrected chi connectivity index (χ2v) is 5.44. The van der Waals surface area contributed by atoms with Gasteiger partial charge in [-0.25, -0.2) is 0 Å². The number of pyridine rings is 1. The van der Waals surface area contributed by atoms with Crippen molar-refractivity contribution < 1.29 is 0 Å². The van der Waals surface area contributed by atoms with Crippen LogP contribution in [0.1, 0.15) is 31.0 Å². The average Bonchev–Trinajstić information content (AvgIpc) is 2.53. The summed E-state index contributed by atoms with van der Waals surface area (Å²) in [5.41, 5.74) is 5.27. The smallest absolute Gasteiger partial charge is 0.0460 e. The van der Waals surface area contributed by atoms with Crippen molar-refractivity contribution in [2.75, 3.05) is 12.4 Å². The highest BCUT2D eigenvalue weighted by molar-refractivity contribution is 6.48. The van der Waals surface area contributed by atoms with Gasteiger partial charge in [0.2, 0.25) is 0 Å². The van der Waals surface area contributed by atoms with Crippen LogP contribution in [-0.4, -0.2) is 12.0 Å². The number of halogens is 1. The number of benzene rings is 1. The zero-order chi connectivity index (χ0) is 15.2. The van der Waals surface area contributed by atoms with Gasteiger partial charge in [-0.15, -0.1) is 0 Å². The summed E-state index contributed by atoms with van der Waals surface area (Å²) in [7, 11) is 1.92. The van der Waals surface area contributed by atoms with Crippen molar-refractivity contribution in [2.24, 2.45) is 0 Å². The molecule has 110 valence electrons. The number of rotatable bonds is 5. The standard InChI is InChI=1S/C18H21ClN2/c1-4-5-9-18(19)17-11-15(12-21-13(17)2)14-7-6-8-16(10-14)20-3/h6-12,20H,4-5H2,1-3H3/b18-9+. The van der Waals surface area contributed by atoms with Gasteiger partial charge in [0.15, 0.2) is 0 Å². The SMILES string of the molecule is CCC/C=C(/Cl)c1cc(-c2cccc(NC)c2)cnc1C. The van der Waals surface area contributed by atoms with Crippen molar-refractivity contribution in [1.82, 2.24) is 4.98 Å². The molecule has 0 aliphatic heterocycles. The lowest BCUT2D eigenvalue weighted by Crippen LogP contribution is -1.92. The van der Waals surface area contributed by atoms with E-state index in [0.717, 1.165) is 45.9 Å². The molecule has 0 fully saturated rings. The summed E-state index contributed by atoms with van der Waals surface area (Å²) >= 11 is 6.42. The maximum Gasteiger partial charge on any atom is 0.0460 e. The molecule has 0 saturated heterocycles. The van der Waals surface area contributed by atoms with E-state index >= 15 is 0 Å². The van der Waals surface area contributed by atoms with E-state index in [9.17, 15) is 0 Å². The first-order valence-corrected chi connectivity index (χ1v) is 7.64. The van der Waals surface area contributed by atoms with E-state index < -0.39 is 0 Å². The molecule has 21 heavy (non-hydrogen) atoms. The average molecular weight is 301 g/mol. The molecular formula is C18H21ClN2. The van der Waals surface area contributed by atoms with E-state index in [-0.39, 0.29) is 0 Å². The van der Waals surface area contributed by atoms with Crippen LogP contribution in [0.4, 0.5) is 5.69 Å². The first kappa shape index (κ1) is 15.6. The molecule has 0 saturated carbocycles. The van der Waals surface area contributed by atoms with E-state index in [1.807, 2.05) is 32.3 Å². The minimum absolute atomic E-state index is 0.786. The number of hydrogen-bond acceptors (Lipinski definition) is 2. The van der Waals surface area contributed by atoms with E-state index in [1.165, 1.54) is 0 Å². The zero-order valence-corrected chi connectivity index (χ0v) is 13.5. The molecule has 0 unspecified atom stereocenters. The predicted octanol–water partition coefficient (Wildman–Crippen LogP) is 5.48. The van der Waals surface area contributed by atoms with Gasteiger partial charge in [-0.05, 0) is 37.1 Å². The third kappa shape index (κ3) is 3.85. The van der Waals surface area contributed by atoms with Crippen molar-refractivity contribution in [1.29, 1.82) is 0 Å². The quantitative estimate of drug-likeness (QED) is 0.791. The number of unbranched alkanes of at least 4 members (excludes halogenated alkanes) is 1. The predicted molar refractivity (Wildman–Crippen MR) is 92.7 cm³/mol. The van der Waals surface area contributed by atoms with Gasteiger partial charge in [-0.2, -0.15) is 0 Å². The summed E-state index contributed by atoms with van der Waals surface area (Å²) < 4.78 is 0. The highest BCUT2D eigenvalue weighted by Crippen LogP contribution is 2.28. The van der Waals surface area contributed by atoms with Gasteiger partial charge in [0, 0.05) is 40.8 Å². The Balaban J connectivity index is 2.42. The summed E-state index contributed by atoms with van der Waals surface area (Å²) in [6, 6.07) is 10.4. The van der Waals surface area contributed by atoms with Crippen molar-refractivity contribution in [3.63, 3.8) is 0 Å². The van der Waals surface area contributed by atoms with E-state index in [4.69, 9.17) is 11.6 Å². The molecule has 0 amide bonds. The Kier molecular flexibility index (Phi) is 5.40. The van der Waals surface area contributed by atoms with Gasteiger partial charge in [0.05, 0.1) is 0 Å². The number of aromatic nitrogens is 1. The lowest BCUT2D eigenvalue weighted by molar-refractivity contribution is 0.961. The molecule has 0 atom stereocenters. The van der Waals surface area contributed by atoms with Crippen LogP contribution >= 0.6 is 11.6 Å². The Labute approximate surface area is 131 Å². The van der Waals surface area contributed by atoms with Crippen molar-refractivity contribution >= 4 is 22.3 Å². The normalized spacial score (nSPS) is 11.5. The number of hydrogen-bond donors (Lipinski definition) is 1. The summed E-state index contributed by atoms with van der Waals surface area (Å²) in [6.45, 7) is 4.14. The fourth-order valence-electron chi connectivity index (χ4n) is 2.17. The van der Waals surface area contributed by atoms with Crippen LogP contribution in [0, 0.1) is 6.92 Å². The Morgan fingerprint density at radius 2 is 2.10 bits per heavy atom. The van der Waals surface area contributed by atoms with Crippen LogP contribution in [0.3, 0.4) is 0 Å². The summed E-state index contributed by atoms with van der Waals surface area (Å²) in [4.78, 5) is 4.49.